The molecular weight excluding hydrogens is 366 g/mol. The first-order valence-corrected chi connectivity index (χ1v) is 11.1. The highest BCUT2D eigenvalue weighted by atomic mass is 16.2. The zero-order valence-corrected chi connectivity index (χ0v) is 17.0. The van der Waals surface area contributed by atoms with E-state index in [0.717, 1.165) is 51.6 Å². The molecule has 1 N–H and O–H groups in total. The summed E-state index contributed by atoms with van der Waals surface area (Å²) in [5.41, 5.74) is 0.703. The molecule has 2 aliphatic heterocycles. The summed E-state index contributed by atoms with van der Waals surface area (Å²) in [7, 11) is 0. The van der Waals surface area contributed by atoms with E-state index in [2.05, 4.69) is 5.32 Å². The molecule has 3 fully saturated rings. The number of amides is 3. The Hall–Kier alpha value is -2.37. The standard InChI is InChI=1S/C23H31N3O3/c27-21(18-9-10-18)24-20(23(29)25-13-5-2-6-14-25)17-11-15-26(16-12-17)22(28)19-7-3-1-4-8-19/h1,3-4,7-8,17-18,20H,2,5-6,9-16H2,(H,24,27)/t20-/m1/s1. The first kappa shape index (κ1) is 19.9. The highest BCUT2D eigenvalue weighted by Crippen LogP contribution is 2.30. The van der Waals surface area contributed by atoms with Crippen molar-refractivity contribution in [3.63, 3.8) is 0 Å². The molecule has 1 atom stereocenters. The van der Waals surface area contributed by atoms with Crippen LogP contribution in [-0.4, -0.2) is 59.7 Å². The molecule has 156 valence electrons. The van der Waals surface area contributed by atoms with Crippen LogP contribution in [0.5, 0.6) is 0 Å². The summed E-state index contributed by atoms with van der Waals surface area (Å²) in [6.45, 7) is 2.84. The molecule has 0 spiro atoms. The number of carbonyl (C=O) groups excluding carboxylic acids is 3. The van der Waals surface area contributed by atoms with Crippen LogP contribution in [0.3, 0.4) is 0 Å². The molecule has 2 saturated heterocycles. The van der Waals surface area contributed by atoms with E-state index in [0.29, 0.717) is 18.7 Å². The molecule has 1 aromatic carbocycles. The van der Waals surface area contributed by atoms with Crippen molar-refractivity contribution in [3.8, 4) is 0 Å². The van der Waals surface area contributed by atoms with Crippen LogP contribution >= 0.6 is 0 Å². The smallest absolute Gasteiger partial charge is 0.253 e. The van der Waals surface area contributed by atoms with E-state index in [-0.39, 0.29) is 29.6 Å². The van der Waals surface area contributed by atoms with E-state index in [4.69, 9.17) is 0 Å². The lowest BCUT2D eigenvalue weighted by molar-refractivity contribution is -0.139. The minimum atomic E-state index is -0.449. The fraction of sp³-hybridized carbons (Fsp3) is 0.609. The van der Waals surface area contributed by atoms with Crippen LogP contribution in [0.25, 0.3) is 0 Å². The Morgan fingerprint density at radius 2 is 1.48 bits per heavy atom. The first-order chi connectivity index (χ1) is 14.1. The average Bonchev–Trinajstić information content (AvgIpc) is 3.63. The molecule has 0 bridgehead atoms. The Kier molecular flexibility index (Phi) is 6.16. The van der Waals surface area contributed by atoms with Crippen LogP contribution in [-0.2, 0) is 9.59 Å². The second kappa shape index (κ2) is 8.97. The Morgan fingerprint density at radius 1 is 0.828 bits per heavy atom. The van der Waals surface area contributed by atoms with Gasteiger partial charge in [-0.2, -0.15) is 0 Å². The van der Waals surface area contributed by atoms with Gasteiger partial charge in [-0.05, 0) is 63.0 Å². The fourth-order valence-electron chi connectivity index (χ4n) is 4.51. The second-order valence-corrected chi connectivity index (χ2v) is 8.64. The molecule has 3 aliphatic rings. The van der Waals surface area contributed by atoms with Gasteiger partial charge in [0.05, 0.1) is 0 Å². The molecule has 1 saturated carbocycles. The lowest BCUT2D eigenvalue weighted by atomic mass is 9.87. The highest BCUT2D eigenvalue weighted by Gasteiger charge is 2.39. The molecule has 0 aromatic heterocycles. The van der Waals surface area contributed by atoms with Gasteiger partial charge in [0.25, 0.3) is 5.91 Å². The summed E-state index contributed by atoms with van der Waals surface area (Å²) < 4.78 is 0. The minimum absolute atomic E-state index is 0.0307. The predicted molar refractivity (Wildman–Crippen MR) is 110 cm³/mol. The summed E-state index contributed by atoms with van der Waals surface area (Å²) >= 11 is 0. The van der Waals surface area contributed by atoms with Gasteiger partial charge in [-0.1, -0.05) is 18.2 Å². The Labute approximate surface area is 172 Å². The maximum Gasteiger partial charge on any atom is 0.253 e. The number of hydrogen-bond donors (Lipinski definition) is 1. The average molecular weight is 398 g/mol. The van der Waals surface area contributed by atoms with Gasteiger partial charge in [-0.15, -0.1) is 0 Å². The van der Waals surface area contributed by atoms with Crippen molar-refractivity contribution in [1.82, 2.24) is 15.1 Å². The first-order valence-electron chi connectivity index (χ1n) is 11.1. The molecule has 6 heteroatoms. The lowest BCUT2D eigenvalue weighted by Gasteiger charge is -2.38. The monoisotopic (exact) mass is 397 g/mol. The van der Waals surface area contributed by atoms with Crippen LogP contribution in [0.15, 0.2) is 30.3 Å². The molecule has 0 radical (unpaired) electrons. The second-order valence-electron chi connectivity index (χ2n) is 8.64. The third-order valence-corrected chi connectivity index (χ3v) is 6.50. The molecule has 6 nitrogen and oxygen atoms in total. The Morgan fingerprint density at radius 3 is 2.10 bits per heavy atom. The maximum atomic E-state index is 13.2. The van der Waals surface area contributed by atoms with Gasteiger partial charge < -0.3 is 15.1 Å². The molecule has 2 heterocycles. The SMILES string of the molecule is O=C(N[C@@H](C(=O)N1CCCCC1)C1CCN(C(=O)c2ccccc2)CC1)C1CC1. The maximum absolute atomic E-state index is 13.2. The number of rotatable bonds is 5. The van der Waals surface area contributed by atoms with Crippen molar-refractivity contribution in [2.75, 3.05) is 26.2 Å². The quantitative estimate of drug-likeness (QED) is 0.830. The van der Waals surface area contributed by atoms with Gasteiger partial charge in [-0.25, -0.2) is 0 Å². The van der Waals surface area contributed by atoms with E-state index >= 15 is 0 Å². The summed E-state index contributed by atoms with van der Waals surface area (Å²) in [6.07, 6.45) is 6.60. The van der Waals surface area contributed by atoms with Crippen molar-refractivity contribution < 1.29 is 14.4 Å². The van der Waals surface area contributed by atoms with Crippen LogP contribution in [0.1, 0.15) is 55.3 Å². The van der Waals surface area contributed by atoms with Gasteiger partial charge in [0.1, 0.15) is 6.04 Å². The van der Waals surface area contributed by atoms with Gasteiger partial charge in [0.15, 0.2) is 0 Å². The van der Waals surface area contributed by atoms with Crippen molar-refractivity contribution in [2.45, 2.75) is 51.0 Å². The normalized spacial score (nSPS) is 21.5. The van der Waals surface area contributed by atoms with Crippen molar-refractivity contribution >= 4 is 17.7 Å². The van der Waals surface area contributed by atoms with Crippen molar-refractivity contribution in [2.24, 2.45) is 11.8 Å². The number of nitrogens with one attached hydrogen (secondary N) is 1. The topological polar surface area (TPSA) is 69.7 Å². The molecule has 29 heavy (non-hydrogen) atoms. The Balaban J connectivity index is 1.40. The van der Waals surface area contributed by atoms with Crippen molar-refractivity contribution in [3.05, 3.63) is 35.9 Å². The number of benzene rings is 1. The van der Waals surface area contributed by atoms with Gasteiger partial charge >= 0.3 is 0 Å². The summed E-state index contributed by atoms with van der Waals surface area (Å²) in [5.74, 6) is 0.331. The van der Waals surface area contributed by atoms with E-state index < -0.39 is 6.04 Å². The number of carbonyl (C=O) groups is 3. The molecule has 3 amide bonds. The van der Waals surface area contributed by atoms with Crippen LogP contribution < -0.4 is 5.32 Å². The molecule has 0 unspecified atom stereocenters. The van der Waals surface area contributed by atoms with Crippen LogP contribution in [0.4, 0.5) is 0 Å². The number of piperidine rings is 2. The van der Waals surface area contributed by atoms with Gasteiger partial charge in [-0.3, -0.25) is 14.4 Å². The fourth-order valence-corrected chi connectivity index (χ4v) is 4.51. The van der Waals surface area contributed by atoms with Crippen molar-refractivity contribution in [1.29, 1.82) is 0 Å². The highest BCUT2D eigenvalue weighted by molar-refractivity contribution is 5.94. The minimum Gasteiger partial charge on any atom is -0.344 e. The van der Waals surface area contributed by atoms with E-state index in [1.165, 1.54) is 6.42 Å². The molecule has 4 rings (SSSR count). The molecule has 1 aliphatic carbocycles. The summed E-state index contributed by atoms with van der Waals surface area (Å²) in [6, 6.07) is 8.89. The third kappa shape index (κ3) is 4.80. The molecule has 1 aromatic rings. The largest absolute Gasteiger partial charge is 0.344 e. The van der Waals surface area contributed by atoms with E-state index in [1.54, 1.807) is 0 Å². The zero-order chi connectivity index (χ0) is 20.2. The summed E-state index contributed by atoms with van der Waals surface area (Å²) in [5, 5.41) is 3.09. The van der Waals surface area contributed by atoms with E-state index in [9.17, 15) is 14.4 Å². The number of hydrogen-bond acceptors (Lipinski definition) is 3. The number of likely N-dealkylation sites (tertiary alicyclic amines) is 2. The van der Waals surface area contributed by atoms with Crippen LogP contribution in [0.2, 0.25) is 0 Å². The van der Waals surface area contributed by atoms with Gasteiger partial charge in [0, 0.05) is 37.7 Å². The van der Waals surface area contributed by atoms with Crippen LogP contribution in [0, 0.1) is 11.8 Å². The zero-order valence-electron chi connectivity index (χ0n) is 17.0. The Bertz CT molecular complexity index is 733. The predicted octanol–water partition coefficient (Wildman–Crippen LogP) is 2.45. The summed E-state index contributed by atoms with van der Waals surface area (Å²) in [4.78, 5) is 42.2. The van der Waals surface area contributed by atoms with E-state index in [1.807, 2.05) is 40.1 Å². The third-order valence-electron chi connectivity index (χ3n) is 6.50. The van der Waals surface area contributed by atoms with Gasteiger partial charge in [0.2, 0.25) is 11.8 Å². The molecular formula is C23H31N3O3. The lowest BCUT2D eigenvalue weighted by Crippen LogP contribution is -2.55. The number of nitrogens with zero attached hydrogens (tertiary/aromatic N) is 2.